The van der Waals surface area contributed by atoms with Gasteiger partial charge in [-0.05, 0) is 40.9 Å². The summed E-state index contributed by atoms with van der Waals surface area (Å²) in [5.41, 5.74) is 0. The zero-order valence-electron chi connectivity index (χ0n) is 13.8. The highest BCUT2D eigenvalue weighted by molar-refractivity contribution is 9.10. The molecule has 3 rings (SSSR count). The largest absolute Gasteiger partial charge is 0.458 e. The van der Waals surface area contributed by atoms with E-state index in [1.807, 2.05) is 23.1 Å². The predicted molar refractivity (Wildman–Crippen MR) is 102 cm³/mol. The standard InChI is InChI=1S/C18H20BrN3O2S/c19-14-11-20-18(21-12-14)24-15-5-4-9-22(13-15)17(23)8-10-25-16-6-2-1-3-7-16/h1-3,6-7,11-12,15H,4-5,8-10,13H2/t15-/m0/s1. The first-order chi connectivity index (χ1) is 12.2. The van der Waals surface area contributed by atoms with Crippen LogP contribution in [0.2, 0.25) is 0 Å². The Morgan fingerprint density at radius 2 is 2.04 bits per heavy atom. The molecule has 132 valence electrons. The van der Waals surface area contributed by atoms with Crippen LogP contribution in [0.4, 0.5) is 0 Å². The fourth-order valence-electron chi connectivity index (χ4n) is 2.70. The molecule has 0 N–H and O–H groups in total. The lowest BCUT2D eigenvalue weighted by molar-refractivity contribution is -0.133. The summed E-state index contributed by atoms with van der Waals surface area (Å²) in [5, 5.41) is 0. The van der Waals surface area contributed by atoms with Gasteiger partial charge in [-0.1, -0.05) is 18.2 Å². The lowest BCUT2D eigenvalue weighted by atomic mass is 10.1. The summed E-state index contributed by atoms with van der Waals surface area (Å²) in [6, 6.07) is 10.5. The number of amides is 1. The van der Waals surface area contributed by atoms with Crippen LogP contribution in [-0.2, 0) is 4.79 Å². The second-order valence-electron chi connectivity index (χ2n) is 5.82. The van der Waals surface area contributed by atoms with Crippen molar-refractivity contribution in [2.45, 2.75) is 30.3 Å². The summed E-state index contributed by atoms with van der Waals surface area (Å²) in [6.07, 6.45) is 5.69. The number of hydrogen-bond donors (Lipinski definition) is 0. The Balaban J connectivity index is 1.45. The van der Waals surface area contributed by atoms with Gasteiger partial charge in [0.2, 0.25) is 5.91 Å². The third kappa shape index (κ3) is 5.71. The molecule has 1 atom stereocenters. The lowest BCUT2D eigenvalue weighted by Gasteiger charge is -2.32. The number of aromatic nitrogens is 2. The zero-order chi connectivity index (χ0) is 17.5. The van der Waals surface area contributed by atoms with Crippen LogP contribution in [0.15, 0.2) is 52.1 Å². The third-order valence-corrected chi connectivity index (χ3v) is 5.35. The van der Waals surface area contributed by atoms with E-state index in [9.17, 15) is 4.79 Å². The van der Waals surface area contributed by atoms with Crippen LogP contribution in [0.25, 0.3) is 0 Å². The average molecular weight is 422 g/mol. The SMILES string of the molecule is O=C(CCSc1ccccc1)N1CCC[C@H](Oc2ncc(Br)cn2)C1. The van der Waals surface area contributed by atoms with Crippen LogP contribution in [0.5, 0.6) is 6.01 Å². The summed E-state index contributed by atoms with van der Waals surface area (Å²) >= 11 is 5.02. The van der Waals surface area contributed by atoms with Crippen molar-refractivity contribution in [3.05, 3.63) is 47.2 Å². The van der Waals surface area contributed by atoms with Crippen molar-refractivity contribution in [2.24, 2.45) is 0 Å². The fourth-order valence-corrected chi connectivity index (χ4v) is 3.77. The Morgan fingerprint density at radius 1 is 1.28 bits per heavy atom. The highest BCUT2D eigenvalue weighted by atomic mass is 79.9. The molecule has 0 unspecified atom stereocenters. The van der Waals surface area contributed by atoms with Crippen LogP contribution in [0, 0.1) is 0 Å². The van der Waals surface area contributed by atoms with Gasteiger partial charge in [0, 0.05) is 36.0 Å². The Bertz CT molecular complexity index is 684. The molecule has 0 bridgehead atoms. The molecule has 0 aliphatic carbocycles. The maximum absolute atomic E-state index is 12.5. The molecule has 1 amide bonds. The number of likely N-dealkylation sites (tertiary alicyclic amines) is 1. The van der Waals surface area contributed by atoms with E-state index in [1.54, 1.807) is 24.2 Å². The second-order valence-corrected chi connectivity index (χ2v) is 7.90. The van der Waals surface area contributed by atoms with E-state index in [1.165, 1.54) is 4.90 Å². The van der Waals surface area contributed by atoms with Crippen LogP contribution in [-0.4, -0.2) is 45.7 Å². The van der Waals surface area contributed by atoms with E-state index in [0.717, 1.165) is 29.6 Å². The van der Waals surface area contributed by atoms with E-state index in [2.05, 4.69) is 38.0 Å². The molecule has 1 saturated heterocycles. The maximum Gasteiger partial charge on any atom is 0.316 e. The molecule has 1 aromatic carbocycles. The van der Waals surface area contributed by atoms with Gasteiger partial charge in [-0.2, -0.15) is 0 Å². The quantitative estimate of drug-likeness (QED) is 0.663. The van der Waals surface area contributed by atoms with Crippen molar-refractivity contribution < 1.29 is 9.53 Å². The first-order valence-corrected chi connectivity index (χ1v) is 10.1. The minimum absolute atomic E-state index is 0.0411. The fraction of sp³-hybridized carbons (Fsp3) is 0.389. The highest BCUT2D eigenvalue weighted by Gasteiger charge is 2.25. The smallest absolute Gasteiger partial charge is 0.316 e. The van der Waals surface area contributed by atoms with E-state index in [-0.39, 0.29) is 12.0 Å². The second kappa shape index (κ2) is 9.20. The number of halogens is 1. The first kappa shape index (κ1) is 18.2. The minimum Gasteiger partial charge on any atom is -0.458 e. The number of thioether (sulfide) groups is 1. The van der Waals surface area contributed by atoms with Gasteiger partial charge in [0.15, 0.2) is 0 Å². The molecule has 0 spiro atoms. The highest BCUT2D eigenvalue weighted by Crippen LogP contribution is 2.20. The normalized spacial score (nSPS) is 17.3. The number of benzene rings is 1. The molecule has 7 heteroatoms. The van der Waals surface area contributed by atoms with Gasteiger partial charge in [0.1, 0.15) is 6.10 Å². The molecule has 5 nitrogen and oxygen atoms in total. The number of hydrogen-bond acceptors (Lipinski definition) is 5. The van der Waals surface area contributed by atoms with Crippen molar-refractivity contribution in [3.8, 4) is 6.01 Å². The van der Waals surface area contributed by atoms with Crippen molar-refractivity contribution in [2.75, 3.05) is 18.8 Å². The van der Waals surface area contributed by atoms with Gasteiger partial charge in [-0.3, -0.25) is 4.79 Å². The topological polar surface area (TPSA) is 55.3 Å². The van der Waals surface area contributed by atoms with E-state index in [0.29, 0.717) is 19.0 Å². The number of carbonyl (C=O) groups excluding carboxylic acids is 1. The Morgan fingerprint density at radius 3 is 2.80 bits per heavy atom. The van der Waals surface area contributed by atoms with Crippen LogP contribution >= 0.6 is 27.7 Å². The predicted octanol–water partition coefficient (Wildman–Crippen LogP) is 3.79. The molecule has 25 heavy (non-hydrogen) atoms. The lowest BCUT2D eigenvalue weighted by Crippen LogP contribution is -2.44. The van der Waals surface area contributed by atoms with E-state index in [4.69, 9.17) is 4.74 Å². The third-order valence-electron chi connectivity index (χ3n) is 3.93. The number of rotatable bonds is 6. The van der Waals surface area contributed by atoms with E-state index < -0.39 is 0 Å². The number of nitrogens with zero attached hydrogens (tertiary/aromatic N) is 3. The van der Waals surface area contributed by atoms with Gasteiger partial charge in [0.25, 0.3) is 0 Å². The van der Waals surface area contributed by atoms with Crippen LogP contribution in [0.1, 0.15) is 19.3 Å². The molecule has 1 aromatic heterocycles. The summed E-state index contributed by atoms with van der Waals surface area (Å²) in [7, 11) is 0. The Labute approximate surface area is 160 Å². The monoisotopic (exact) mass is 421 g/mol. The van der Waals surface area contributed by atoms with Crippen molar-refractivity contribution >= 4 is 33.6 Å². The van der Waals surface area contributed by atoms with Gasteiger partial charge < -0.3 is 9.64 Å². The summed E-state index contributed by atoms with van der Waals surface area (Å²) in [6.45, 7) is 1.41. The minimum atomic E-state index is -0.0411. The number of ether oxygens (including phenoxy) is 1. The molecule has 0 saturated carbocycles. The number of piperidine rings is 1. The average Bonchev–Trinajstić information content (AvgIpc) is 2.65. The molecular weight excluding hydrogens is 402 g/mol. The summed E-state index contributed by atoms with van der Waals surface area (Å²) in [5.74, 6) is 0.981. The van der Waals surface area contributed by atoms with Crippen molar-refractivity contribution in [3.63, 3.8) is 0 Å². The molecular formula is C18H20BrN3O2S. The van der Waals surface area contributed by atoms with E-state index >= 15 is 0 Å². The van der Waals surface area contributed by atoms with Crippen LogP contribution < -0.4 is 4.74 Å². The summed E-state index contributed by atoms with van der Waals surface area (Å²) in [4.78, 5) is 23.8. The van der Waals surface area contributed by atoms with Gasteiger partial charge in [-0.25, -0.2) is 9.97 Å². The van der Waals surface area contributed by atoms with Gasteiger partial charge in [-0.15, -0.1) is 11.8 Å². The first-order valence-electron chi connectivity index (χ1n) is 8.30. The number of carbonyl (C=O) groups is 1. The van der Waals surface area contributed by atoms with Gasteiger partial charge >= 0.3 is 6.01 Å². The molecule has 1 fully saturated rings. The Kier molecular flexibility index (Phi) is 6.69. The molecule has 2 heterocycles. The maximum atomic E-state index is 12.5. The van der Waals surface area contributed by atoms with Crippen LogP contribution in [0.3, 0.4) is 0 Å². The van der Waals surface area contributed by atoms with Crippen molar-refractivity contribution in [1.29, 1.82) is 0 Å². The molecule has 1 aliphatic rings. The molecule has 2 aromatic rings. The molecule has 0 radical (unpaired) electrons. The molecule has 1 aliphatic heterocycles. The summed E-state index contributed by atoms with van der Waals surface area (Å²) < 4.78 is 6.64. The van der Waals surface area contributed by atoms with Gasteiger partial charge in [0.05, 0.1) is 11.0 Å². The Hall–Kier alpha value is -1.60. The zero-order valence-corrected chi connectivity index (χ0v) is 16.2. The van der Waals surface area contributed by atoms with Crippen molar-refractivity contribution in [1.82, 2.24) is 14.9 Å².